The number of hydrogen-bond acceptors (Lipinski definition) is 7. The number of hydrogen-bond donors (Lipinski definition) is 2. The number of para-hydroxylation sites is 1. The van der Waals surface area contributed by atoms with Gasteiger partial charge >= 0.3 is 0 Å². The number of sulfonamides is 1. The van der Waals surface area contributed by atoms with Gasteiger partial charge in [-0.1, -0.05) is 18.2 Å². The van der Waals surface area contributed by atoms with Crippen LogP contribution in [0.2, 0.25) is 0 Å². The molecular weight excluding hydrogens is 462 g/mol. The van der Waals surface area contributed by atoms with Crippen LogP contribution in [0.4, 0.5) is 22.9 Å². The second-order valence-electron chi connectivity index (χ2n) is 8.70. The Morgan fingerprint density at radius 1 is 1.06 bits per heavy atom. The minimum Gasteiger partial charge on any atom is -0.369 e. The van der Waals surface area contributed by atoms with Gasteiger partial charge in [0.1, 0.15) is 5.82 Å². The molecule has 0 spiro atoms. The molecule has 2 N–H and O–H groups in total. The Balaban J connectivity index is 1.37. The van der Waals surface area contributed by atoms with Crippen molar-refractivity contribution in [3.63, 3.8) is 0 Å². The molecule has 2 aromatic carbocycles. The van der Waals surface area contributed by atoms with Crippen LogP contribution in [-0.2, 0) is 16.6 Å². The number of nitrogens with zero attached hydrogens (tertiary/aromatic N) is 5. The zero-order valence-corrected chi connectivity index (χ0v) is 20.7. The van der Waals surface area contributed by atoms with Gasteiger partial charge in [0.15, 0.2) is 0 Å². The molecular formula is C25H29N7O2S. The molecule has 1 aliphatic heterocycles. The number of pyridine rings is 1. The van der Waals surface area contributed by atoms with Crippen LogP contribution < -0.4 is 19.8 Å². The van der Waals surface area contributed by atoms with E-state index in [4.69, 9.17) is 0 Å². The van der Waals surface area contributed by atoms with Gasteiger partial charge in [-0.15, -0.1) is 0 Å². The highest BCUT2D eigenvalue weighted by atomic mass is 32.2. The number of benzene rings is 2. The van der Waals surface area contributed by atoms with E-state index in [0.717, 1.165) is 54.2 Å². The summed E-state index contributed by atoms with van der Waals surface area (Å²) in [5.74, 6) is 0.718. The SMILES string of the molecule is CN(c1ccccc1Cn1ncc2cnc(Nc3ccc(N4CCNCC4)cc3)cc21)S(C)(=O)=O. The van der Waals surface area contributed by atoms with Crippen molar-refractivity contribution in [3.05, 3.63) is 72.6 Å². The van der Waals surface area contributed by atoms with Crippen LogP contribution in [0.1, 0.15) is 5.56 Å². The first-order valence-corrected chi connectivity index (χ1v) is 13.4. The van der Waals surface area contributed by atoms with E-state index in [1.807, 2.05) is 28.9 Å². The molecule has 0 aliphatic carbocycles. The van der Waals surface area contributed by atoms with Gasteiger partial charge in [-0.05, 0) is 35.9 Å². The number of fused-ring (bicyclic) bond motifs is 1. The number of rotatable bonds is 7. The van der Waals surface area contributed by atoms with E-state index in [-0.39, 0.29) is 0 Å². The van der Waals surface area contributed by atoms with Crippen molar-refractivity contribution in [2.75, 3.05) is 54.0 Å². The average Bonchev–Trinajstić information content (AvgIpc) is 3.26. The van der Waals surface area contributed by atoms with Crippen molar-refractivity contribution < 1.29 is 8.42 Å². The van der Waals surface area contributed by atoms with Crippen LogP contribution >= 0.6 is 0 Å². The molecule has 0 atom stereocenters. The smallest absolute Gasteiger partial charge is 0.232 e. The zero-order valence-electron chi connectivity index (χ0n) is 19.8. The van der Waals surface area contributed by atoms with Crippen LogP contribution in [-0.4, -0.2) is 62.7 Å². The predicted octanol–water partition coefficient (Wildman–Crippen LogP) is 3.03. The summed E-state index contributed by atoms with van der Waals surface area (Å²) in [4.78, 5) is 6.92. The fourth-order valence-electron chi connectivity index (χ4n) is 4.29. The molecule has 0 amide bonds. The van der Waals surface area contributed by atoms with Crippen molar-refractivity contribution in [3.8, 4) is 0 Å². The minimum absolute atomic E-state index is 0.433. The standard InChI is InChI=1S/C25H29N7O2S/c1-30(35(2,33)34)23-6-4-3-5-19(23)18-32-24-15-25(27-16-20(24)17-28-32)29-21-7-9-22(10-8-21)31-13-11-26-12-14-31/h3-10,15-17,26H,11-14,18H2,1-2H3,(H,27,29). The average molecular weight is 492 g/mol. The van der Waals surface area contributed by atoms with E-state index in [1.165, 1.54) is 16.2 Å². The van der Waals surface area contributed by atoms with Crippen LogP contribution in [0.15, 0.2) is 67.0 Å². The van der Waals surface area contributed by atoms with E-state index in [2.05, 4.69) is 49.9 Å². The first-order chi connectivity index (χ1) is 16.9. The zero-order chi connectivity index (χ0) is 24.4. The first kappa shape index (κ1) is 23.1. The van der Waals surface area contributed by atoms with Gasteiger partial charge in [0.05, 0.1) is 30.2 Å². The van der Waals surface area contributed by atoms with Crippen molar-refractivity contribution in [2.24, 2.45) is 0 Å². The molecule has 1 fully saturated rings. The third-order valence-corrected chi connectivity index (χ3v) is 7.49. The number of anilines is 4. The molecule has 0 radical (unpaired) electrons. The molecule has 4 aromatic rings. The van der Waals surface area contributed by atoms with Crippen molar-refractivity contribution in [1.82, 2.24) is 20.1 Å². The minimum atomic E-state index is -3.37. The van der Waals surface area contributed by atoms with Gasteiger partial charge in [-0.2, -0.15) is 5.10 Å². The lowest BCUT2D eigenvalue weighted by atomic mass is 10.1. The van der Waals surface area contributed by atoms with Crippen LogP contribution in [0.5, 0.6) is 0 Å². The molecule has 9 nitrogen and oxygen atoms in total. The number of piperazine rings is 1. The van der Waals surface area contributed by atoms with Crippen molar-refractivity contribution >= 4 is 43.8 Å². The molecule has 1 aliphatic rings. The molecule has 0 unspecified atom stereocenters. The maximum absolute atomic E-state index is 12.1. The van der Waals surface area contributed by atoms with E-state index >= 15 is 0 Å². The normalized spacial score (nSPS) is 14.3. The molecule has 1 saturated heterocycles. The third-order valence-electron chi connectivity index (χ3n) is 6.30. The van der Waals surface area contributed by atoms with Crippen LogP contribution in [0, 0.1) is 0 Å². The maximum Gasteiger partial charge on any atom is 0.232 e. The number of aromatic nitrogens is 3. The summed E-state index contributed by atoms with van der Waals surface area (Å²) in [7, 11) is -1.81. The Labute approximate surface area is 205 Å². The first-order valence-electron chi connectivity index (χ1n) is 11.5. The second kappa shape index (κ2) is 9.55. The Bertz CT molecular complexity index is 1430. The summed E-state index contributed by atoms with van der Waals surface area (Å²) in [6.07, 6.45) is 4.77. The fourth-order valence-corrected chi connectivity index (χ4v) is 4.82. The van der Waals surface area contributed by atoms with E-state index < -0.39 is 10.0 Å². The van der Waals surface area contributed by atoms with E-state index in [1.54, 1.807) is 25.5 Å². The predicted molar refractivity (Wildman–Crippen MR) is 141 cm³/mol. The second-order valence-corrected chi connectivity index (χ2v) is 10.7. The molecule has 182 valence electrons. The highest BCUT2D eigenvalue weighted by molar-refractivity contribution is 7.92. The van der Waals surface area contributed by atoms with Gasteiger partial charge in [0, 0.05) is 62.3 Å². The molecule has 0 saturated carbocycles. The van der Waals surface area contributed by atoms with Gasteiger partial charge in [0.2, 0.25) is 10.0 Å². The Hall–Kier alpha value is -3.63. The quantitative estimate of drug-likeness (QED) is 0.410. The molecule has 2 aromatic heterocycles. The molecule has 10 heteroatoms. The highest BCUT2D eigenvalue weighted by Crippen LogP contribution is 2.26. The Morgan fingerprint density at radius 2 is 1.80 bits per heavy atom. The summed E-state index contributed by atoms with van der Waals surface area (Å²) < 4.78 is 27.4. The topological polar surface area (TPSA) is 95.4 Å². The van der Waals surface area contributed by atoms with E-state index in [0.29, 0.717) is 12.2 Å². The maximum atomic E-state index is 12.1. The van der Waals surface area contributed by atoms with Gasteiger partial charge in [-0.3, -0.25) is 8.99 Å². The fraction of sp³-hybridized carbons (Fsp3) is 0.280. The Kier molecular flexibility index (Phi) is 6.31. The summed E-state index contributed by atoms with van der Waals surface area (Å²) in [6, 6.07) is 17.8. The Morgan fingerprint density at radius 3 is 2.54 bits per heavy atom. The molecule has 3 heterocycles. The van der Waals surface area contributed by atoms with Gasteiger partial charge in [0.25, 0.3) is 0 Å². The van der Waals surface area contributed by atoms with Gasteiger partial charge < -0.3 is 15.5 Å². The van der Waals surface area contributed by atoms with Crippen LogP contribution in [0.3, 0.4) is 0 Å². The molecule has 5 rings (SSSR count). The molecule has 0 bridgehead atoms. The lowest BCUT2D eigenvalue weighted by molar-refractivity contribution is 0.589. The van der Waals surface area contributed by atoms with Crippen LogP contribution in [0.25, 0.3) is 10.9 Å². The monoisotopic (exact) mass is 491 g/mol. The lowest BCUT2D eigenvalue weighted by Gasteiger charge is -2.29. The largest absolute Gasteiger partial charge is 0.369 e. The summed E-state index contributed by atoms with van der Waals surface area (Å²) in [5, 5.41) is 12.2. The van der Waals surface area contributed by atoms with Crippen molar-refractivity contribution in [2.45, 2.75) is 6.54 Å². The number of nitrogens with one attached hydrogen (secondary N) is 2. The van der Waals surface area contributed by atoms with Crippen molar-refractivity contribution in [1.29, 1.82) is 0 Å². The summed E-state index contributed by atoms with van der Waals surface area (Å²) >= 11 is 0. The molecule has 35 heavy (non-hydrogen) atoms. The summed E-state index contributed by atoms with van der Waals surface area (Å²) in [6.45, 7) is 4.47. The third kappa shape index (κ3) is 5.08. The lowest BCUT2D eigenvalue weighted by Crippen LogP contribution is -2.43. The summed E-state index contributed by atoms with van der Waals surface area (Å²) in [5.41, 5.74) is 4.59. The highest BCUT2D eigenvalue weighted by Gasteiger charge is 2.17. The van der Waals surface area contributed by atoms with E-state index in [9.17, 15) is 8.42 Å². The van der Waals surface area contributed by atoms with Gasteiger partial charge in [-0.25, -0.2) is 13.4 Å².